The van der Waals surface area contributed by atoms with E-state index in [1.807, 2.05) is 11.8 Å². The van der Waals surface area contributed by atoms with E-state index < -0.39 is 61.0 Å². The summed E-state index contributed by atoms with van der Waals surface area (Å²) < 4.78 is 55.5. The Hall–Kier alpha value is -1.71. The average Bonchev–Trinajstić information content (AvgIpc) is 2.56. The topological polar surface area (TPSA) is 104 Å². The van der Waals surface area contributed by atoms with Gasteiger partial charge in [0.25, 0.3) is 0 Å². The van der Waals surface area contributed by atoms with Crippen molar-refractivity contribution < 1.29 is 31.1 Å². The molecule has 1 fully saturated rings. The summed E-state index contributed by atoms with van der Waals surface area (Å²) in [5.74, 6) is 1.66. The van der Waals surface area contributed by atoms with Crippen LogP contribution in [0.15, 0.2) is 0 Å². The molecule has 110 valence electrons. The number of sulfone groups is 2. The van der Waals surface area contributed by atoms with Crippen LogP contribution in [-0.4, -0.2) is 58.2 Å². The minimum Gasteiger partial charge on any atom is -0.426 e. The lowest BCUT2D eigenvalue weighted by Crippen LogP contribution is -2.36. The molecule has 0 aromatic carbocycles. The summed E-state index contributed by atoms with van der Waals surface area (Å²) in [7, 11) is -7.34. The third-order valence-electron chi connectivity index (χ3n) is 2.35. The van der Waals surface area contributed by atoms with Crippen molar-refractivity contribution in [1.82, 2.24) is 0 Å². The number of terminal acetylenes is 2. The van der Waals surface area contributed by atoms with Crippen LogP contribution in [0.2, 0.25) is 0 Å². The summed E-state index contributed by atoms with van der Waals surface area (Å²) in [6.07, 6.45) is 6.26. The van der Waals surface area contributed by atoms with Crippen LogP contribution in [0.5, 0.6) is 0 Å². The van der Waals surface area contributed by atoms with E-state index in [1.165, 1.54) is 0 Å². The zero-order valence-corrected chi connectivity index (χ0v) is 11.9. The van der Waals surface area contributed by atoms with Gasteiger partial charge in [-0.05, 0) is 0 Å². The second-order valence-electron chi connectivity index (χ2n) is 4.08. The molecule has 9 heteroatoms. The first-order chi connectivity index (χ1) is 9.19. The van der Waals surface area contributed by atoms with E-state index in [0.717, 1.165) is 0 Å². The van der Waals surface area contributed by atoms with Crippen molar-refractivity contribution >= 4 is 25.8 Å². The Morgan fingerprint density at radius 3 is 1.55 bits per heavy atom. The Bertz CT molecular complexity index is 603. The molecule has 0 aromatic rings. The van der Waals surface area contributed by atoms with Crippen LogP contribution in [0.25, 0.3) is 0 Å². The van der Waals surface area contributed by atoms with Gasteiger partial charge in [0.1, 0.15) is 11.5 Å². The fourth-order valence-electron chi connectivity index (χ4n) is 1.58. The maximum Gasteiger partial charge on any atom is 0.509 e. The zero-order valence-electron chi connectivity index (χ0n) is 10.3. The van der Waals surface area contributed by atoms with E-state index in [4.69, 9.17) is 12.8 Å². The van der Waals surface area contributed by atoms with Crippen LogP contribution in [0.3, 0.4) is 0 Å². The van der Waals surface area contributed by atoms with E-state index in [-0.39, 0.29) is 0 Å². The maximum absolute atomic E-state index is 11.6. The summed E-state index contributed by atoms with van der Waals surface area (Å²) in [5.41, 5.74) is 0. The standard InChI is InChI=1S/C11H12O7S2/c1-3-5-19(13,14)7-9-10(18-11(12)17-9)8-20(15,16)6-4-2/h1-2,9-10H,5-8H2. The Labute approximate surface area is 117 Å². The molecule has 1 aliphatic heterocycles. The first-order valence-electron chi connectivity index (χ1n) is 5.34. The van der Waals surface area contributed by atoms with E-state index >= 15 is 0 Å². The zero-order chi connectivity index (χ0) is 15.4. The Morgan fingerprint density at radius 2 is 1.25 bits per heavy atom. The van der Waals surface area contributed by atoms with Gasteiger partial charge in [-0.1, -0.05) is 11.8 Å². The molecule has 7 nitrogen and oxygen atoms in total. The van der Waals surface area contributed by atoms with Gasteiger partial charge in [0.2, 0.25) is 0 Å². The summed E-state index contributed by atoms with van der Waals surface area (Å²) in [4.78, 5) is 11.0. The van der Waals surface area contributed by atoms with Gasteiger partial charge in [-0.25, -0.2) is 21.6 Å². The lowest BCUT2D eigenvalue weighted by molar-refractivity contribution is 0.119. The van der Waals surface area contributed by atoms with Gasteiger partial charge in [-0.3, -0.25) is 0 Å². The number of hydrogen-bond acceptors (Lipinski definition) is 7. The first-order valence-corrected chi connectivity index (χ1v) is 8.98. The van der Waals surface area contributed by atoms with Gasteiger partial charge in [-0.2, -0.15) is 0 Å². The van der Waals surface area contributed by atoms with Gasteiger partial charge in [0.15, 0.2) is 31.9 Å². The monoisotopic (exact) mass is 320 g/mol. The largest absolute Gasteiger partial charge is 0.509 e. The highest BCUT2D eigenvalue weighted by molar-refractivity contribution is 7.92. The van der Waals surface area contributed by atoms with Gasteiger partial charge < -0.3 is 9.47 Å². The molecule has 1 rings (SSSR count). The molecule has 1 aliphatic rings. The SMILES string of the molecule is C#CCS(=O)(=O)CC1OC(=O)OC1CS(=O)(=O)CC#C. The third-order valence-corrected chi connectivity index (χ3v) is 5.24. The quantitative estimate of drug-likeness (QED) is 0.456. The smallest absolute Gasteiger partial charge is 0.426 e. The van der Waals surface area contributed by atoms with Crippen LogP contribution in [0, 0.1) is 24.7 Å². The van der Waals surface area contributed by atoms with Gasteiger partial charge >= 0.3 is 6.16 Å². The van der Waals surface area contributed by atoms with Gasteiger partial charge in [0, 0.05) is 0 Å². The van der Waals surface area contributed by atoms with Gasteiger partial charge in [0.05, 0.1) is 11.5 Å². The molecule has 0 N–H and O–H groups in total. The average molecular weight is 320 g/mol. The summed E-state index contributed by atoms with van der Waals surface area (Å²) in [6.45, 7) is 0. The van der Waals surface area contributed by atoms with E-state index in [1.54, 1.807) is 0 Å². The number of cyclic esters (lactones) is 2. The fourth-order valence-corrected chi connectivity index (χ4v) is 3.89. The van der Waals surface area contributed by atoms with Crippen molar-refractivity contribution in [3.8, 4) is 24.7 Å². The Morgan fingerprint density at radius 1 is 0.900 bits per heavy atom. The first kappa shape index (κ1) is 16.3. The molecule has 0 aromatic heterocycles. The number of ether oxygens (including phenoxy) is 2. The number of carbonyl (C=O) groups is 1. The predicted octanol–water partition coefficient (Wildman–Crippen LogP) is -1.01. The molecule has 1 heterocycles. The molecule has 0 spiro atoms. The lowest BCUT2D eigenvalue weighted by atomic mass is 10.3. The molecule has 0 saturated carbocycles. The van der Waals surface area contributed by atoms with Crippen molar-refractivity contribution in [2.24, 2.45) is 0 Å². The van der Waals surface area contributed by atoms with Gasteiger partial charge in [-0.15, -0.1) is 12.8 Å². The number of carbonyl (C=O) groups excluding carboxylic acids is 1. The molecule has 2 unspecified atom stereocenters. The van der Waals surface area contributed by atoms with Crippen molar-refractivity contribution in [2.45, 2.75) is 12.2 Å². The van der Waals surface area contributed by atoms with E-state index in [9.17, 15) is 21.6 Å². The van der Waals surface area contributed by atoms with Crippen LogP contribution in [-0.2, 0) is 29.1 Å². The predicted molar refractivity (Wildman–Crippen MR) is 70.1 cm³/mol. The molecule has 0 radical (unpaired) electrons. The summed E-state index contributed by atoms with van der Waals surface area (Å²) >= 11 is 0. The van der Waals surface area contributed by atoms with Crippen LogP contribution >= 0.6 is 0 Å². The molecule has 0 bridgehead atoms. The highest BCUT2D eigenvalue weighted by Gasteiger charge is 2.41. The minimum absolute atomic E-state index is 0.537. The molecule has 2 atom stereocenters. The highest BCUT2D eigenvalue weighted by atomic mass is 32.2. The molecule has 20 heavy (non-hydrogen) atoms. The van der Waals surface area contributed by atoms with Crippen molar-refractivity contribution in [2.75, 3.05) is 23.0 Å². The summed E-state index contributed by atoms with van der Waals surface area (Å²) in [6, 6.07) is 0. The van der Waals surface area contributed by atoms with E-state index in [2.05, 4.69) is 9.47 Å². The van der Waals surface area contributed by atoms with Crippen molar-refractivity contribution in [1.29, 1.82) is 0 Å². The molecule has 0 amide bonds. The number of rotatable bonds is 6. The number of hydrogen-bond donors (Lipinski definition) is 0. The maximum atomic E-state index is 11.6. The van der Waals surface area contributed by atoms with Crippen LogP contribution in [0.1, 0.15) is 0 Å². The van der Waals surface area contributed by atoms with Crippen LogP contribution in [0.4, 0.5) is 4.79 Å². The molecular weight excluding hydrogens is 308 g/mol. The highest BCUT2D eigenvalue weighted by Crippen LogP contribution is 2.19. The molecule has 1 saturated heterocycles. The molecular formula is C11H12O7S2. The van der Waals surface area contributed by atoms with E-state index in [0.29, 0.717) is 0 Å². The van der Waals surface area contributed by atoms with Crippen molar-refractivity contribution in [3.05, 3.63) is 0 Å². The summed E-state index contributed by atoms with van der Waals surface area (Å²) in [5, 5.41) is 0. The normalized spacial score (nSPS) is 22.4. The molecule has 0 aliphatic carbocycles. The van der Waals surface area contributed by atoms with Crippen LogP contribution < -0.4 is 0 Å². The second-order valence-corrected chi connectivity index (χ2v) is 8.30. The third kappa shape index (κ3) is 4.76. The Kier molecular flexibility index (Phi) is 5.03. The minimum atomic E-state index is -3.67. The second kappa shape index (κ2) is 6.16. The lowest BCUT2D eigenvalue weighted by Gasteiger charge is -2.14. The fraction of sp³-hybridized carbons (Fsp3) is 0.545. The Balaban J connectivity index is 2.83. The van der Waals surface area contributed by atoms with Crippen molar-refractivity contribution in [3.63, 3.8) is 0 Å².